The molecule has 0 aromatic heterocycles. The molecule has 134 valence electrons. The second-order valence-corrected chi connectivity index (χ2v) is 6.75. The molecule has 1 rings (SSSR count). The van der Waals surface area contributed by atoms with Crippen LogP contribution in [0.25, 0.3) is 0 Å². The number of hydrogen-bond donors (Lipinski definition) is 1. The molecule has 0 heterocycles. The van der Waals surface area contributed by atoms with E-state index in [4.69, 9.17) is 4.74 Å². The van der Waals surface area contributed by atoms with E-state index in [9.17, 15) is 9.59 Å². The Morgan fingerprint density at radius 1 is 1.12 bits per heavy atom. The van der Waals surface area contributed by atoms with Crippen LogP contribution in [0.3, 0.4) is 0 Å². The molecule has 0 aliphatic heterocycles. The highest BCUT2D eigenvalue weighted by atomic mass is 16.6. The number of ether oxygens (including phenoxy) is 1. The minimum atomic E-state index is -0.550. The van der Waals surface area contributed by atoms with Crippen LogP contribution in [0.2, 0.25) is 0 Å². The molecule has 0 saturated heterocycles. The molecule has 0 saturated carbocycles. The smallest absolute Gasteiger partial charge is 0.325 e. The molecular formula is C19H30N2O3. The van der Waals surface area contributed by atoms with Gasteiger partial charge >= 0.3 is 5.97 Å². The van der Waals surface area contributed by atoms with Gasteiger partial charge in [0.05, 0.1) is 0 Å². The molecule has 0 fully saturated rings. The van der Waals surface area contributed by atoms with Crippen molar-refractivity contribution in [3.05, 3.63) is 29.8 Å². The van der Waals surface area contributed by atoms with Crippen LogP contribution >= 0.6 is 0 Å². The molecule has 0 aliphatic rings. The van der Waals surface area contributed by atoms with E-state index in [0.29, 0.717) is 5.56 Å². The predicted octanol–water partition coefficient (Wildman–Crippen LogP) is 3.38. The summed E-state index contributed by atoms with van der Waals surface area (Å²) in [5, 5.41) is 2.59. The average Bonchev–Trinajstić information content (AvgIpc) is 2.52. The van der Waals surface area contributed by atoms with E-state index in [1.165, 1.54) is 0 Å². The molecule has 0 unspecified atom stereocenters. The van der Waals surface area contributed by atoms with Crippen molar-refractivity contribution in [1.29, 1.82) is 0 Å². The number of nitrogens with one attached hydrogen (secondary N) is 1. The SMILES string of the molecule is CCCCN(CC)c1ccc(C(=O)NCC(=O)OC(C)(C)C)cc1. The maximum absolute atomic E-state index is 12.1. The number of carbonyl (C=O) groups is 2. The summed E-state index contributed by atoms with van der Waals surface area (Å²) in [4.78, 5) is 26.0. The fraction of sp³-hybridized carbons (Fsp3) is 0.579. The summed E-state index contributed by atoms with van der Waals surface area (Å²) in [6.07, 6.45) is 2.30. The van der Waals surface area contributed by atoms with E-state index < -0.39 is 11.6 Å². The zero-order valence-corrected chi connectivity index (χ0v) is 15.5. The largest absolute Gasteiger partial charge is 0.459 e. The van der Waals surface area contributed by atoms with Crippen LogP contribution in [0, 0.1) is 0 Å². The molecule has 1 aromatic rings. The topological polar surface area (TPSA) is 58.6 Å². The van der Waals surface area contributed by atoms with Crippen molar-refractivity contribution in [2.45, 2.75) is 53.1 Å². The van der Waals surface area contributed by atoms with Crippen molar-refractivity contribution in [3.63, 3.8) is 0 Å². The maximum Gasteiger partial charge on any atom is 0.325 e. The standard InChI is InChI=1S/C19H30N2O3/c1-6-8-13-21(7-2)16-11-9-15(10-12-16)18(23)20-14-17(22)24-19(3,4)5/h9-12H,6-8,13-14H2,1-5H3,(H,20,23). The third-order valence-corrected chi connectivity index (χ3v) is 3.47. The minimum Gasteiger partial charge on any atom is -0.459 e. The van der Waals surface area contributed by atoms with Crippen molar-refractivity contribution < 1.29 is 14.3 Å². The normalized spacial score (nSPS) is 11.0. The Hall–Kier alpha value is -2.04. The molecule has 0 aliphatic carbocycles. The van der Waals surface area contributed by atoms with Gasteiger partial charge < -0.3 is 15.0 Å². The lowest BCUT2D eigenvalue weighted by molar-refractivity contribution is -0.153. The summed E-state index contributed by atoms with van der Waals surface area (Å²) in [5.41, 5.74) is 1.09. The number of anilines is 1. The Labute approximate surface area is 145 Å². The van der Waals surface area contributed by atoms with Crippen molar-refractivity contribution in [1.82, 2.24) is 5.32 Å². The summed E-state index contributed by atoms with van der Waals surface area (Å²) < 4.78 is 5.17. The first-order valence-corrected chi connectivity index (χ1v) is 8.62. The van der Waals surface area contributed by atoms with Crippen LogP contribution in [0.5, 0.6) is 0 Å². The summed E-state index contributed by atoms with van der Waals surface area (Å²) in [6.45, 7) is 11.5. The molecule has 24 heavy (non-hydrogen) atoms. The Bertz CT molecular complexity index is 533. The molecular weight excluding hydrogens is 304 g/mol. The number of esters is 1. The van der Waals surface area contributed by atoms with E-state index in [-0.39, 0.29) is 12.5 Å². The first kappa shape index (κ1) is 20.0. The monoisotopic (exact) mass is 334 g/mol. The van der Waals surface area contributed by atoms with Gasteiger partial charge in [0.15, 0.2) is 0 Å². The van der Waals surface area contributed by atoms with Gasteiger partial charge in [-0.1, -0.05) is 13.3 Å². The van der Waals surface area contributed by atoms with Crippen LogP contribution in [-0.4, -0.2) is 37.1 Å². The first-order valence-electron chi connectivity index (χ1n) is 8.62. The van der Waals surface area contributed by atoms with Gasteiger partial charge in [-0.15, -0.1) is 0 Å². The lowest BCUT2D eigenvalue weighted by Gasteiger charge is -2.23. The predicted molar refractivity (Wildman–Crippen MR) is 97.4 cm³/mol. The highest BCUT2D eigenvalue weighted by Gasteiger charge is 2.17. The number of rotatable bonds is 8. The molecule has 1 aromatic carbocycles. The Balaban J connectivity index is 2.58. The van der Waals surface area contributed by atoms with Gasteiger partial charge in [0.1, 0.15) is 12.1 Å². The number of benzene rings is 1. The van der Waals surface area contributed by atoms with Gasteiger partial charge in [-0.05, 0) is 58.4 Å². The van der Waals surface area contributed by atoms with Crippen molar-refractivity contribution in [2.75, 3.05) is 24.5 Å². The summed E-state index contributed by atoms with van der Waals surface area (Å²) in [7, 11) is 0. The average molecular weight is 334 g/mol. The summed E-state index contributed by atoms with van der Waals surface area (Å²) in [6, 6.07) is 7.46. The molecule has 0 spiro atoms. The first-order chi connectivity index (χ1) is 11.3. The van der Waals surface area contributed by atoms with E-state index >= 15 is 0 Å². The van der Waals surface area contributed by atoms with Crippen molar-refractivity contribution >= 4 is 17.6 Å². The lowest BCUT2D eigenvalue weighted by Crippen LogP contribution is -2.34. The summed E-state index contributed by atoms with van der Waals surface area (Å²) in [5.74, 6) is -0.715. The van der Waals surface area contributed by atoms with E-state index in [1.807, 2.05) is 12.1 Å². The molecule has 1 amide bonds. The van der Waals surface area contributed by atoms with Crippen LogP contribution in [-0.2, 0) is 9.53 Å². The van der Waals surface area contributed by atoms with E-state index in [2.05, 4.69) is 24.1 Å². The third kappa shape index (κ3) is 7.02. The molecule has 0 radical (unpaired) electrons. The highest BCUT2D eigenvalue weighted by Crippen LogP contribution is 2.16. The van der Waals surface area contributed by atoms with Crippen LogP contribution in [0.15, 0.2) is 24.3 Å². The Kier molecular flexibility index (Phi) is 7.75. The van der Waals surface area contributed by atoms with Gasteiger partial charge in [0.2, 0.25) is 0 Å². The number of hydrogen-bond acceptors (Lipinski definition) is 4. The zero-order chi connectivity index (χ0) is 18.2. The summed E-state index contributed by atoms with van der Waals surface area (Å²) >= 11 is 0. The van der Waals surface area contributed by atoms with Gasteiger partial charge in [-0.3, -0.25) is 9.59 Å². The Morgan fingerprint density at radius 3 is 2.25 bits per heavy atom. The highest BCUT2D eigenvalue weighted by molar-refractivity contribution is 5.96. The fourth-order valence-electron chi connectivity index (χ4n) is 2.27. The second kappa shape index (κ2) is 9.30. The maximum atomic E-state index is 12.1. The second-order valence-electron chi connectivity index (χ2n) is 6.75. The number of unbranched alkanes of at least 4 members (excludes halogenated alkanes) is 1. The Morgan fingerprint density at radius 2 is 1.75 bits per heavy atom. The zero-order valence-electron chi connectivity index (χ0n) is 15.5. The van der Waals surface area contributed by atoms with Crippen LogP contribution < -0.4 is 10.2 Å². The third-order valence-electron chi connectivity index (χ3n) is 3.47. The molecule has 0 atom stereocenters. The molecule has 1 N–H and O–H groups in total. The van der Waals surface area contributed by atoms with E-state index in [1.54, 1.807) is 32.9 Å². The minimum absolute atomic E-state index is 0.130. The van der Waals surface area contributed by atoms with Crippen LogP contribution in [0.4, 0.5) is 5.69 Å². The van der Waals surface area contributed by atoms with E-state index in [0.717, 1.165) is 31.6 Å². The van der Waals surface area contributed by atoms with Crippen molar-refractivity contribution in [2.24, 2.45) is 0 Å². The van der Waals surface area contributed by atoms with Gasteiger partial charge in [0.25, 0.3) is 5.91 Å². The quantitative estimate of drug-likeness (QED) is 0.740. The molecule has 5 heteroatoms. The number of amides is 1. The van der Waals surface area contributed by atoms with Gasteiger partial charge in [0, 0.05) is 24.3 Å². The number of nitrogens with zero attached hydrogens (tertiary/aromatic N) is 1. The van der Waals surface area contributed by atoms with Gasteiger partial charge in [-0.25, -0.2) is 0 Å². The lowest BCUT2D eigenvalue weighted by atomic mass is 10.1. The molecule has 0 bridgehead atoms. The van der Waals surface area contributed by atoms with Crippen LogP contribution in [0.1, 0.15) is 57.8 Å². The van der Waals surface area contributed by atoms with Crippen molar-refractivity contribution in [3.8, 4) is 0 Å². The number of carbonyl (C=O) groups excluding carboxylic acids is 2. The fourth-order valence-corrected chi connectivity index (χ4v) is 2.27. The molecule has 5 nitrogen and oxygen atoms in total. The van der Waals surface area contributed by atoms with Gasteiger partial charge in [-0.2, -0.15) is 0 Å².